The van der Waals surface area contributed by atoms with Gasteiger partial charge in [0.05, 0.1) is 42.0 Å². The maximum Gasteiger partial charge on any atom is 0.322 e. The molecule has 0 saturated heterocycles. The fraction of sp³-hybridized carbons (Fsp3) is 0.276. The maximum absolute atomic E-state index is 13.8. The SMILES string of the molecule is CCc1ccc(-n2c(C(C)N(CCOC)C(=O)Nc3ccccc3OC)nc3ccccc3c2=O)cc1. The predicted molar refractivity (Wildman–Crippen MR) is 146 cm³/mol. The molecule has 0 aliphatic carbocycles. The van der Waals surface area contributed by atoms with Crippen LogP contribution in [0.4, 0.5) is 10.5 Å². The van der Waals surface area contributed by atoms with Crippen molar-refractivity contribution in [1.29, 1.82) is 0 Å². The molecule has 0 saturated carbocycles. The van der Waals surface area contributed by atoms with Crippen LogP contribution in [0.3, 0.4) is 0 Å². The van der Waals surface area contributed by atoms with Crippen LogP contribution in [0.15, 0.2) is 77.6 Å². The van der Waals surface area contributed by atoms with E-state index in [1.807, 2.05) is 61.5 Å². The van der Waals surface area contributed by atoms with E-state index in [1.54, 1.807) is 41.9 Å². The third-order valence-electron chi connectivity index (χ3n) is 6.39. The van der Waals surface area contributed by atoms with Crippen molar-refractivity contribution in [1.82, 2.24) is 14.5 Å². The number of para-hydroxylation sites is 3. The zero-order valence-electron chi connectivity index (χ0n) is 21.6. The molecular formula is C29H32N4O4. The Bertz CT molecular complexity index is 1430. The minimum Gasteiger partial charge on any atom is -0.495 e. The first-order valence-electron chi connectivity index (χ1n) is 12.3. The molecule has 0 fully saturated rings. The Hall–Kier alpha value is -4.17. The fourth-order valence-electron chi connectivity index (χ4n) is 4.30. The van der Waals surface area contributed by atoms with Gasteiger partial charge in [-0.05, 0) is 55.3 Å². The molecule has 3 aromatic carbocycles. The number of carbonyl (C=O) groups excluding carboxylic acids is 1. The lowest BCUT2D eigenvalue weighted by Crippen LogP contribution is -2.41. The van der Waals surface area contributed by atoms with Crippen LogP contribution in [0.5, 0.6) is 5.75 Å². The van der Waals surface area contributed by atoms with E-state index in [9.17, 15) is 9.59 Å². The van der Waals surface area contributed by atoms with Crippen LogP contribution in [-0.4, -0.2) is 47.9 Å². The van der Waals surface area contributed by atoms with Crippen LogP contribution < -0.4 is 15.6 Å². The van der Waals surface area contributed by atoms with Crippen LogP contribution in [0.25, 0.3) is 16.6 Å². The van der Waals surface area contributed by atoms with Crippen molar-refractivity contribution in [2.45, 2.75) is 26.3 Å². The molecule has 0 aliphatic heterocycles. The number of rotatable bonds is 9. The highest BCUT2D eigenvalue weighted by Crippen LogP contribution is 2.27. The second kappa shape index (κ2) is 11.7. The van der Waals surface area contributed by atoms with Gasteiger partial charge in [0.25, 0.3) is 5.56 Å². The molecule has 0 spiro atoms. The molecule has 8 heteroatoms. The van der Waals surface area contributed by atoms with Gasteiger partial charge < -0.3 is 19.7 Å². The summed E-state index contributed by atoms with van der Waals surface area (Å²) < 4.78 is 12.3. The van der Waals surface area contributed by atoms with Gasteiger partial charge >= 0.3 is 6.03 Å². The number of aryl methyl sites for hydroxylation is 1. The molecule has 1 heterocycles. The molecule has 37 heavy (non-hydrogen) atoms. The summed E-state index contributed by atoms with van der Waals surface area (Å²) in [6.07, 6.45) is 0.891. The first-order chi connectivity index (χ1) is 18.0. The topological polar surface area (TPSA) is 85.7 Å². The molecule has 1 unspecified atom stereocenters. The van der Waals surface area contributed by atoms with E-state index in [1.165, 1.54) is 0 Å². The van der Waals surface area contributed by atoms with Gasteiger partial charge in [-0.25, -0.2) is 9.78 Å². The molecule has 4 rings (SSSR count). The van der Waals surface area contributed by atoms with Gasteiger partial charge in [0.2, 0.25) is 0 Å². The average molecular weight is 501 g/mol. The van der Waals surface area contributed by atoms with Crippen molar-refractivity contribution < 1.29 is 14.3 Å². The lowest BCUT2D eigenvalue weighted by molar-refractivity contribution is 0.137. The van der Waals surface area contributed by atoms with E-state index >= 15 is 0 Å². The van der Waals surface area contributed by atoms with Crippen molar-refractivity contribution in [3.8, 4) is 11.4 Å². The summed E-state index contributed by atoms with van der Waals surface area (Å²) in [6, 6.07) is 21.4. The second-order valence-corrected chi connectivity index (χ2v) is 8.64. The van der Waals surface area contributed by atoms with Crippen molar-refractivity contribution in [2.75, 3.05) is 32.7 Å². The summed E-state index contributed by atoms with van der Waals surface area (Å²) in [5.41, 5.74) is 2.79. The van der Waals surface area contributed by atoms with E-state index in [-0.39, 0.29) is 18.1 Å². The van der Waals surface area contributed by atoms with Crippen LogP contribution in [0, 0.1) is 0 Å². The number of methoxy groups -OCH3 is 2. The van der Waals surface area contributed by atoms with Crippen LogP contribution in [0.1, 0.15) is 31.3 Å². The van der Waals surface area contributed by atoms with E-state index in [2.05, 4.69) is 12.2 Å². The van der Waals surface area contributed by atoms with Gasteiger partial charge in [-0.15, -0.1) is 0 Å². The van der Waals surface area contributed by atoms with E-state index in [0.717, 1.165) is 12.0 Å². The number of hydrogen-bond donors (Lipinski definition) is 1. The number of urea groups is 1. The first kappa shape index (κ1) is 25.9. The largest absolute Gasteiger partial charge is 0.495 e. The molecule has 4 aromatic rings. The Labute approximate surface area is 216 Å². The maximum atomic E-state index is 13.8. The van der Waals surface area contributed by atoms with Gasteiger partial charge in [0, 0.05) is 13.7 Å². The lowest BCUT2D eigenvalue weighted by Gasteiger charge is -2.30. The summed E-state index contributed by atoms with van der Waals surface area (Å²) in [7, 11) is 3.14. The summed E-state index contributed by atoms with van der Waals surface area (Å²) in [5, 5.41) is 3.45. The average Bonchev–Trinajstić information content (AvgIpc) is 2.93. The van der Waals surface area contributed by atoms with Crippen LogP contribution >= 0.6 is 0 Å². The minimum atomic E-state index is -0.562. The van der Waals surface area contributed by atoms with E-state index in [4.69, 9.17) is 14.5 Å². The lowest BCUT2D eigenvalue weighted by atomic mass is 10.1. The predicted octanol–water partition coefficient (Wildman–Crippen LogP) is 5.20. The Balaban J connectivity index is 1.82. The second-order valence-electron chi connectivity index (χ2n) is 8.64. The van der Waals surface area contributed by atoms with Gasteiger partial charge in [0.1, 0.15) is 11.6 Å². The van der Waals surface area contributed by atoms with Crippen molar-refractivity contribution in [2.24, 2.45) is 0 Å². The third-order valence-corrected chi connectivity index (χ3v) is 6.39. The molecule has 1 atom stereocenters. The van der Waals surface area contributed by atoms with Crippen LogP contribution in [0.2, 0.25) is 0 Å². The molecule has 1 N–H and O–H groups in total. The summed E-state index contributed by atoms with van der Waals surface area (Å²) in [6.45, 7) is 4.55. The number of carbonyl (C=O) groups is 1. The number of hydrogen-bond acceptors (Lipinski definition) is 5. The van der Waals surface area contributed by atoms with Gasteiger partial charge in [-0.3, -0.25) is 9.36 Å². The molecule has 2 amide bonds. The normalized spacial score (nSPS) is 11.8. The molecule has 0 aliphatic rings. The number of nitrogens with one attached hydrogen (secondary N) is 1. The Morgan fingerprint density at radius 1 is 1.03 bits per heavy atom. The number of nitrogens with zero attached hydrogens (tertiary/aromatic N) is 3. The molecule has 192 valence electrons. The van der Waals surface area contributed by atoms with E-state index < -0.39 is 6.04 Å². The molecule has 8 nitrogen and oxygen atoms in total. The monoisotopic (exact) mass is 500 g/mol. The smallest absolute Gasteiger partial charge is 0.322 e. The fourth-order valence-corrected chi connectivity index (χ4v) is 4.30. The summed E-state index contributed by atoms with van der Waals surface area (Å²) in [5.74, 6) is 1.01. The number of amides is 2. The minimum absolute atomic E-state index is 0.187. The summed E-state index contributed by atoms with van der Waals surface area (Å²) >= 11 is 0. The Kier molecular flexibility index (Phi) is 8.20. The highest BCUT2D eigenvalue weighted by Gasteiger charge is 2.27. The zero-order chi connectivity index (χ0) is 26.4. The van der Waals surface area contributed by atoms with Crippen molar-refractivity contribution in [3.63, 3.8) is 0 Å². The Morgan fingerprint density at radius 2 is 1.73 bits per heavy atom. The molecular weight excluding hydrogens is 468 g/mol. The van der Waals surface area contributed by atoms with Gasteiger partial charge in [-0.1, -0.05) is 43.3 Å². The van der Waals surface area contributed by atoms with Gasteiger partial charge in [-0.2, -0.15) is 0 Å². The number of benzene rings is 3. The molecule has 0 bridgehead atoms. The zero-order valence-corrected chi connectivity index (χ0v) is 21.6. The molecule has 0 radical (unpaired) electrons. The Morgan fingerprint density at radius 3 is 2.43 bits per heavy atom. The molecule has 1 aromatic heterocycles. The van der Waals surface area contributed by atoms with Crippen LogP contribution in [-0.2, 0) is 11.2 Å². The van der Waals surface area contributed by atoms with Crippen molar-refractivity contribution in [3.05, 3.63) is 94.5 Å². The number of anilines is 1. The highest BCUT2D eigenvalue weighted by atomic mass is 16.5. The standard InChI is InChI=1S/C29H32N4O4/c1-5-21-14-16-22(17-15-21)33-27(30-24-11-7-6-10-23(24)28(33)34)20(2)32(18-19-36-3)29(35)31-25-12-8-9-13-26(25)37-4/h6-17,20H,5,18-19H2,1-4H3,(H,31,35). The number of fused-ring (bicyclic) bond motifs is 1. The third kappa shape index (κ3) is 5.49. The quantitative estimate of drug-likeness (QED) is 0.342. The first-order valence-corrected chi connectivity index (χ1v) is 12.3. The van der Waals surface area contributed by atoms with Gasteiger partial charge in [0.15, 0.2) is 0 Å². The highest BCUT2D eigenvalue weighted by molar-refractivity contribution is 5.91. The number of ether oxygens (including phenoxy) is 2. The summed E-state index contributed by atoms with van der Waals surface area (Å²) in [4.78, 5) is 33.8. The van der Waals surface area contributed by atoms with Crippen molar-refractivity contribution >= 4 is 22.6 Å². The number of aromatic nitrogens is 2. The van der Waals surface area contributed by atoms with E-state index in [0.29, 0.717) is 40.5 Å².